The molecule has 2 aromatic heterocycles. The summed E-state index contributed by atoms with van der Waals surface area (Å²) in [4.78, 5) is 30.9. The van der Waals surface area contributed by atoms with Crippen molar-refractivity contribution in [3.63, 3.8) is 0 Å². The van der Waals surface area contributed by atoms with Gasteiger partial charge in [0.25, 0.3) is 5.91 Å². The summed E-state index contributed by atoms with van der Waals surface area (Å²) >= 11 is 1.45. The molecule has 0 aliphatic heterocycles. The molecule has 6 nitrogen and oxygen atoms in total. The van der Waals surface area contributed by atoms with Gasteiger partial charge < -0.3 is 10.0 Å². The molecule has 0 bridgehead atoms. The van der Waals surface area contributed by atoms with Crippen molar-refractivity contribution in [3.8, 4) is 0 Å². The number of carbonyl (C=O) groups is 2. The second kappa shape index (κ2) is 6.47. The minimum absolute atomic E-state index is 0.314. The molecule has 0 saturated heterocycles. The molecule has 0 radical (unpaired) electrons. The normalized spacial score (nSPS) is 16.9. The van der Waals surface area contributed by atoms with Crippen LogP contribution in [0.5, 0.6) is 0 Å². The van der Waals surface area contributed by atoms with Crippen LogP contribution in [0, 0.1) is 0 Å². The van der Waals surface area contributed by atoms with E-state index >= 15 is 0 Å². The Hall–Kier alpha value is -2.02. The number of imidazole rings is 1. The van der Waals surface area contributed by atoms with E-state index in [1.807, 2.05) is 35.1 Å². The quantitative estimate of drug-likeness (QED) is 0.861. The number of hydrogen-bond donors (Lipinski definition) is 1. The molecule has 128 valence electrons. The number of likely N-dealkylation sites (N-methyl/N-ethyl adjacent to an activating group) is 1. The van der Waals surface area contributed by atoms with E-state index in [2.05, 4.69) is 4.98 Å². The fourth-order valence-corrected chi connectivity index (χ4v) is 4.03. The summed E-state index contributed by atoms with van der Waals surface area (Å²) in [5, 5.41) is 10.5. The van der Waals surface area contributed by atoms with Crippen LogP contribution in [0.25, 0.3) is 5.52 Å². The molecule has 0 unspecified atom stereocenters. The van der Waals surface area contributed by atoms with Gasteiger partial charge >= 0.3 is 5.97 Å². The molecule has 1 saturated carbocycles. The number of pyridine rings is 1. The van der Waals surface area contributed by atoms with Crippen LogP contribution in [0.1, 0.15) is 42.6 Å². The van der Waals surface area contributed by atoms with Gasteiger partial charge in [-0.2, -0.15) is 0 Å². The van der Waals surface area contributed by atoms with Gasteiger partial charge in [0.05, 0.1) is 5.52 Å². The highest BCUT2D eigenvalue weighted by Crippen LogP contribution is 2.34. The molecule has 2 heterocycles. The van der Waals surface area contributed by atoms with E-state index in [4.69, 9.17) is 0 Å². The zero-order valence-corrected chi connectivity index (χ0v) is 14.7. The number of aliphatic carboxylic acids is 1. The van der Waals surface area contributed by atoms with Gasteiger partial charge in [0, 0.05) is 13.2 Å². The van der Waals surface area contributed by atoms with Crippen molar-refractivity contribution in [1.29, 1.82) is 0 Å². The number of aromatic nitrogens is 2. The first kappa shape index (κ1) is 16.8. The van der Waals surface area contributed by atoms with Crippen LogP contribution in [-0.4, -0.2) is 50.1 Å². The molecule has 1 fully saturated rings. The maximum absolute atomic E-state index is 13.1. The number of thioether (sulfide) groups is 1. The Balaban J connectivity index is 2.03. The van der Waals surface area contributed by atoms with E-state index in [0.29, 0.717) is 24.1 Å². The Morgan fingerprint density at radius 2 is 2.00 bits per heavy atom. The standard InChI is InChI=1S/C17H21N3O3S/c1-19(17(15(22)23)9-5-3-6-10-17)14(21)13-12-8-4-7-11-20(12)16(18-13)24-2/h4,7-8,11H,3,5-6,9-10H2,1-2H3,(H,22,23). The lowest BCUT2D eigenvalue weighted by atomic mass is 9.80. The molecule has 0 aromatic carbocycles. The van der Waals surface area contributed by atoms with E-state index in [9.17, 15) is 14.7 Å². The third kappa shape index (κ3) is 2.56. The summed E-state index contributed by atoms with van der Waals surface area (Å²) in [5.41, 5.74) is -0.108. The van der Waals surface area contributed by atoms with Crippen molar-refractivity contribution in [3.05, 3.63) is 30.1 Å². The molecule has 1 aliphatic carbocycles. The summed E-state index contributed by atoms with van der Waals surface area (Å²) in [5.74, 6) is -1.25. The van der Waals surface area contributed by atoms with Crippen molar-refractivity contribution < 1.29 is 14.7 Å². The van der Waals surface area contributed by atoms with E-state index in [1.54, 1.807) is 7.05 Å². The summed E-state index contributed by atoms with van der Waals surface area (Å²) in [6.45, 7) is 0. The van der Waals surface area contributed by atoms with Gasteiger partial charge in [-0.25, -0.2) is 9.78 Å². The largest absolute Gasteiger partial charge is 0.479 e. The zero-order valence-electron chi connectivity index (χ0n) is 13.9. The molecule has 2 aromatic rings. The summed E-state index contributed by atoms with van der Waals surface area (Å²) in [7, 11) is 1.59. The Morgan fingerprint density at radius 1 is 1.29 bits per heavy atom. The third-order valence-corrected chi connectivity index (χ3v) is 5.58. The van der Waals surface area contributed by atoms with Crippen LogP contribution < -0.4 is 0 Å². The average Bonchev–Trinajstić information content (AvgIpc) is 2.99. The second-order valence-corrected chi connectivity index (χ2v) is 6.94. The van der Waals surface area contributed by atoms with Gasteiger partial charge in [-0.15, -0.1) is 0 Å². The maximum atomic E-state index is 13.1. The van der Waals surface area contributed by atoms with Crippen LogP contribution in [0.4, 0.5) is 0 Å². The highest BCUT2D eigenvalue weighted by molar-refractivity contribution is 7.98. The van der Waals surface area contributed by atoms with E-state index < -0.39 is 11.5 Å². The van der Waals surface area contributed by atoms with Crippen molar-refractivity contribution in [1.82, 2.24) is 14.3 Å². The lowest BCUT2D eigenvalue weighted by Gasteiger charge is -2.40. The molecule has 1 amide bonds. The van der Waals surface area contributed by atoms with Gasteiger partial charge in [0.15, 0.2) is 10.9 Å². The lowest BCUT2D eigenvalue weighted by molar-refractivity contribution is -0.151. The van der Waals surface area contributed by atoms with Crippen LogP contribution in [-0.2, 0) is 4.79 Å². The van der Waals surface area contributed by atoms with Gasteiger partial charge in [0.2, 0.25) is 0 Å². The van der Waals surface area contributed by atoms with Gasteiger partial charge in [-0.3, -0.25) is 9.20 Å². The van der Waals surface area contributed by atoms with E-state index in [1.165, 1.54) is 16.7 Å². The Kier molecular flexibility index (Phi) is 4.54. The van der Waals surface area contributed by atoms with Gasteiger partial charge in [0.1, 0.15) is 5.54 Å². The number of fused-ring (bicyclic) bond motifs is 1. The summed E-state index contributed by atoms with van der Waals surface area (Å²) < 4.78 is 1.86. The number of carboxylic acids is 1. The minimum atomic E-state index is -1.13. The maximum Gasteiger partial charge on any atom is 0.329 e. The predicted octanol–water partition coefficient (Wildman–Crippen LogP) is 2.92. The molecule has 0 spiro atoms. The zero-order chi connectivity index (χ0) is 17.3. The monoisotopic (exact) mass is 347 g/mol. The number of nitrogens with zero attached hydrogens (tertiary/aromatic N) is 3. The molecule has 1 aliphatic rings. The average molecular weight is 347 g/mol. The number of carbonyl (C=O) groups excluding carboxylic acids is 1. The number of amides is 1. The second-order valence-electron chi connectivity index (χ2n) is 6.16. The topological polar surface area (TPSA) is 74.9 Å². The SMILES string of the molecule is CSc1nc(C(=O)N(C)C2(C(=O)O)CCCCC2)c2ccccn12. The highest BCUT2D eigenvalue weighted by Gasteiger charge is 2.46. The van der Waals surface area contributed by atoms with Crippen LogP contribution >= 0.6 is 11.8 Å². The Morgan fingerprint density at radius 3 is 2.62 bits per heavy atom. The Labute approximate surface area is 144 Å². The van der Waals surface area contributed by atoms with Crippen molar-refractivity contribution in [2.24, 2.45) is 0 Å². The van der Waals surface area contributed by atoms with Gasteiger partial charge in [-0.05, 0) is 31.2 Å². The highest BCUT2D eigenvalue weighted by atomic mass is 32.2. The first-order valence-corrected chi connectivity index (χ1v) is 9.26. The van der Waals surface area contributed by atoms with Gasteiger partial charge in [-0.1, -0.05) is 37.1 Å². The van der Waals surface area contributed by atoms with Crippen LogP contribution in [0.3, 0.4) is 0 Å². The first-order chi connectivity index (χ1) is 11.5. The third-order valence-electron chi connectivity index (χ3n) is 4.93. The molecule has 1 N–H and O–H groups in total. The molecule has 24 heavy (non-hydrogen) atoms. The van der Waals surface area contributed by atoms with Crippen molar-refractivity contribution in [2.75, 3.05) is 13.3 Å². The fraction of sp³-hybridized carbons (Fsp3) is 0.471. The molecule has 3 rings (SSSR count). The first-order valence-electron chi connectivity index (χ1n) is 8.04. The van der Waals surface area contributed by atoms with Crippen molar-refractivity contribution in [2.45, 2.75) is 42.8 Å². The Bertz CT molecular complexity index is 780. The lowest BCUT2D eigenvalue weighted by Crippen LogP contribution is -2.56. The summed E-state index contributed by atoms with van der Waals surface area (Å²) in [6, 6.07) is 5.57. The molecule has 7 heteroatoms. The van der Waals surface area contributed by atoms with Crippen LogP contribution in [0.15, 0.2) is 29.6 Å². The summed E-state index contributed by atoms with van der Waals surface area (Å²) in [6.07, 6.45) is 7.41. The van der Waals surface area contributed by atoms with Crippen molar-refractivity contribution >= 4 is 29.2 Å². The number of rotatable bonds is 4. The minimum Gasteiger partial charge on any atom is -0.479 e. The van der Waals surface area contributed by atoms with Crippen LogP contribution in [0.2, 0.25) is 0 Å². The molecular weight excluding hydrogens is 326 g/mol. The molecule has 0 atom stereocenters. The fourth-order valence-electron chi connectivity index (χ4n) is 3.49. The number of hydrogen-bond acceptors (Lipinski definition) is 4. The smallest absolute Gasteiger partial charge is 0.329 e. The predicted molar refractivity (Wildman–Crippen MR) is 92.5 cm³/mol. The molecular formula is C17H21N3O3S. The van der Waals surface area contributed by atoms with E-state index in [-0.39, 0.29) is 5.91 Å². The van der Waals surface area contributed by atoms with E-state index in [0.717, 1.165) is 24.4 Å². The number of carboxylic acid groups (broad SMARTS) is 1.